The Balaban J connectivity index is 1.49. The molecule has 1 heterocycles. The summed E-state index contributed by atoms with van der Waals surface area (Å²) in [6.07, 6.45) is 1.77. The van der Waals surface area contributed by atoms with E-state index in [1.165, 1.54) is 23.9 Å². The smallest absolute Gasteiger partial charge is 0.264 e. The van der Waals surface area contributed by atoms with Gasteiger partial charge in [-0.15, -0.1) is 0 Å². The predicted molar refractivity (Wildman–Crippen MR) is 135 cm³/mol. The number of nitrogens with zero attached hydrogens (tertiary/aromatic N) is 1. The molecule has 1 aliphatic heterocycles. The molecule has 9 heteroatoms. The van der Waals surface area contributed by atoms with Crippen LogP contribution in [0.1, 0.15) is 11.1 Å². The molecule has 0 atom stereocenters. The van der Waals surface area contributed by atoms with Crippen LogP contribution in [0.2, 0.25) is 5.02 Å². The Morgan fingerprint density at radius 3 is 2.38 bits per heavy atom. The Labute approximate surface area is 210 Å². The highest BCUT2D eigenvalue weighted by Gasteiger charge is 2.24. The van der Waals surface area contributed by atoms with E-state index < -0.39 is 0 Å². The summed E-state index contributed by atoms with van der Waals surface area (Å²) < 4.78 is 20.5. The van der Waals surface area contributed by atoms with Crippen molar-refractivity contribution in [3.63, 3.8) is 0 Å². The van der Waals surface area contributed by atoms with Crippen molar-refractivity contribution in [1.29, 1.82) is 0 Å². The van der Waals surface area contributed by atoms with Crippen LogP contribution < -0.4 is 10.1 Å². The molecule has 1 aliphatic rings. The molecule has 4 nitrogen and oxygen atoms in total. The Bertz CT molecular complexity index is 1210. The number of nitrogens with one attached hydrogen (secondary N) is 1. The van der Waals surface area contributed by atoms with Crippen molar-refractivity contribution in [1.82, 2.24) is 5.32 Å². The first kappa shape index (κ1) is 23.0. The number of halogens is 4. The summed E-state index contributed by atoms with van der Waals surface area (Å²) in [5.41, 5.74) is 2.36. The Morgan fingerprint density at radius 2 is 1.72 bits per heavy atom. The summed E-state index contributed by atoms with van der Waals surface area (Å²) in [5.74, 6) is 0.0738. The van der Waals surface area contributed by atoms with E-state index in [9.17, 15) is 9.18 Å². The van der Waals surface area contributed by atoms with E-state index in [1.807, 2.05) is 36.4 Å². The molecule has 0 radical (unpaired) electrons. The lowest BCUT2D eigenvalue weighted by Gasteiger charge is -2.11. The summed E-state index contributed by atoms with van der Waals surface area (Å²) in [5, 5.41) is 3.84. The second-order valence-electron chi connectivity index (χ2n) is 6.69. The number of hydrogen-bond donors (Lipinski definition) is 1. The highest BCUT2D eigenvalue weighted by molar-refractivity contribution is 9.11. The van der Waals surface area contributed by atoms with Crippen LogP contribution in [0.4, 0.5) is 10.1 Å². The molecule has 4 rings (SSSR count). The lowest BCUT2D eigenvalue weighted by atomic mass is 10.2. The molecular formula is C23H14Br2ClFN2O2S. The molecule has 0 aromatic heterocycles. The molecule has 0 unspecified atom stereocenters. The van der Waals surface area contributed by atoms with Gasteiger partial charge in [0, 0.05) is 5.02 Å². The number of hydrogen-bond acceptors (Lipinski definition) is 4. The van der Waals surface area contributed by atoms with Crippen LogP contribution in [-0.2, 0) is 11.4 Å². The first-order chi connectivity index (χ1) is 15.4. The van der Waals surface area contributed by atoms with Crippen LogP contribution in [0.3, 0.4) is 0 Å². The van der Waals surface area contributed by atoms with E-state index in [0.717, 1.165) is 20.1 Å². The fraction of sp³-hybridized carbons (Fsp3) is 0.0435. The number of aliphatic imine (C=N–C) groups is 1. The number of amidine groups is 1. The lowest BCUT2D eigenvalue weighted by Crippen LogP contribution is -2.19. The van der Waals surface area contributed by atoms with Crippen molar-refractivity contribution in [2.75, 3.05) is 0 Å². The molecule has 3 aromatic rings. The van der Waals surface area contributed by atoms with Gasteiger partial charge in [-0.05, 0) is 109 Å². The third-order valence-corrected chi connectivity index (χ3v) is 6.66. The monoisotopic (exact) mass is 594 g/mol. The SMILES string of the molecule is O=C1NC(=Nc2ccc(F)cc2)S/C1=C/c1cc(Br)c(OCc2ccc(Cl)cc2)c(Br)c1. The van der Waals surface area contributed by atoms with Crippen molar-refractivity contribution in [3.8, 4) is 5.75 Å². The molecule has 0 spiro atoms. The van der Waals surface area contributed by atoms with Gasteiger partial charge < -0.3 is 10.1 Å². The molecule has 0 saturated carbocycles. The van der Waals surface area contributed by atoms with Gasteiger partial charge in [0.1, 0.15) is 18.2 Å². The van der Waals surface area contributed by atoms with Crippen molar-refractivity contribution in [3.05, 3.63) is 96.5 Å². The highest BCUT2D eigenvalue weighted by atomic mass is 79.9. The van der Waals surface area contributed by atoms with Crippen molar-refractivity contribution >= 4 is 78.1 Å². The zero-order chi connectivity index (χ0) is 22.7. The van der Waals surface area contributed by atoms with Gasteiger partial charge in [-0.25, -0.2) is 9.38 Å². The lowest BCUT2D eigenvalue weighted by molar-refractivity contribution is -0.115. The molecule has 0 bridgehead atoms. The van der Waals surface area contributed by atoms with Crippen LogP contribution in [0, 0.1) is 5.82 Å². The maximum atomic E-state index is 13.1. The predicted octanol–water partition coefficient (Wildman–Crippen LogP) is 7.47. The van der Waals surface area contributed by atoms with Crippen LogP contribution in [-0.4, -0.2) is 11.1 Å². The summed E-state index contributed by atoms with van der Waals surface area (Å²) in [4.78, 5) is 17.2. The van der Waals surface area contributed by atoms with Gasteiger partial charge in [-0.2, -0.15) is 0 Å². The molecule has 1 saturated heterocycles. The third kappa shape index (κ3) is 5.81. The van der Waals surface area contributed by atoms with Gasteiger partial charge in [0.25, 0.3) is 5.91 Å². The summed E-state index contributed by atoms with van der Waals surface area (Å²) in [6, 6.07) is 16.9. The Hall–Kier alpha value is -2.13. The minimum absolute atomic E-state index is 0.244. The minimum atomic E-state index is -0.339. The second kappa shape index (κ2) is 10.2. The standard InChI is InChI=1S/C23H14Br2ClFN2O2S/c24-18-9-14(10-19(25)21(18)31-12-13-1-3-15(26)4-2-13)11-20-22(30)29-23(32-20)28-17-7-5-16(27)6-8-17/h1-11H,12H2,(H,28,29,30)/b20-11+. The summed E-state index contributed by atoms with van der Waals surface area (Å²) in [6.45, 7) is 0.385. The molecule has 1 fully saturated rings. The van der Waals surface area contributed by atoms with E-state index in [1.54, 1.807) is 18.2 Å². The normalized spacial score (nSPS) is 15.9. The van der Waals surface area contributed by atoms with Gasteiger partial charge in [-0.1, -0.05) is 23.7 Å². The number of carbonyl (C=O) groups is 1. The molecule has 1 amide bonds. The maximum Gasteiger partial charge on any atom is 0.264 e. The van der Waals surface area contributed by atoms with Crippen molar-refractivity contribution in [2.45, 2.75) is 6.61 Å². The first-order valence-electron chi connectivity index (χ1n) is 9.29. The number of ether oxygens (including phenoxy) is 1. The zero-order valence-electron chi connectivity index (χ0n) is 16.2. The van der Waals surface area contributed by atoms with Gasteiger partial charge >= 0.3 is 0 Å². The largest absolute Gasteiger partial charge is 0.487 e. The molecule has 1 N–H and O–H groups in total. The van der Waals surface area contributed by atoms with Crippen LogP contribution >= 0.6 is 55.2 Å². The number of rotatable bonds is 5. The quantitative estimate of drug-likeness (QED) is 0.311. The minimum Gasteiger partial charge on any atom is -0.487 e. The average Bonchev–Trinajstić information content (AvgIpc) is 3.09. The van der Waals surface area contributed by atoms with E-state index in [2.05, 4.69) is 42.2 Å². The first-order valence-corrected chi connectivity index (χ1v) is 12.1. The van der Waals surface area contributed by atoms with E-state index >= 15 is 0 Å². The number of thioether (sulfide) groups is 1. The molecule has 0 aliphatic carbocycles. The Morgan fingerprint density at radius 1 is 1.06 bits per heavy atom. The van der Waals surface area contributed by atoms with E-state index in [4.69, 9.17) is 16.3 Å². The van der Waals surface area contributed by atoms with Crippen LogP contribution in [0.5, 0.6) is 5.75 Å². The van der Waals surface area contributed by atoms with Gasteiger partial charge in [-0.3, -0.25) is 4.79 Å². The van der Waals surface area contributed by atoms with Gasteiger partial charge in [0.2, 0.25) is 0 Å². The Kier molecular flexibility index (Phi) is 7.35. The van der Waals surface area contributed by atoms with Crippen LogP contribution in [0.15, 0.2) is 79.5 Å². The maximum absolute atomic E-state index is 13.1. The number of carbonyl (C=O) groups excluding carboxylic acids is 1. The third-order valence-electron chi connectivity index (χ3n) is 4.32. The van der Waals surface area contributed by atoms with Crippen molar-refractivity contribution < 1.29 is 13.9 Å². The molecular weight excluding hydrogens is 583 g/mol. The number of benzene rings is 3. The average molecular weight is 597 g/mol. The van der Waals surface area contributed by atoms with Gasteiger partial charge in [0.15, 0.2) is 5.17 Å². The topological polar surface area (TPSA) is 50.7 Å². The molecule has 32 heavy (non-hydrogen) atoms. The fourth-order valence-electron chi connectivity index (χ4n) is 2.80. The fourth-order valence-corrected chi connectivity index (χ4v) is 5.22. The van der Waals surface area contributed by atoms with E-state index in [0.29, 0.717) is 33.1 Å². The zero-order valence-corrected chi connectivity index (χ0v) is 21.0. The second-order valence-corrected chi connectivity index (χ2v) is 9.86. The number of amides is 1. The molecule has 162 valence electrons. The summed E-state index contributed by atoms with van der Waals surface area (Å²) >= 11 is 14.2. The van der Waals surface area contributed by atoms with Crippen molar-refractivity contribution in [2.24, 2.45) is 4.99 Å². The summed E-state index contributed by atoms with van der Waals surface area (Å²) in [7, 11) is 0. The highest BCUT2D eigenvalue weighted by Crippen LogP contribution is 2.37. The molecule has 3 aromatic carbocycles. The van der Waals surface area contributed by atoms with E-state index in [-0.39, 0.29) is 11.7 Å². The van der Waals surface area contributed by atoms with Gasteiger partial charge in [0.05, 0.1) is 19.5 Å². The van der Waals surface area contributed by atoms with Crippen LogP contribution in [0.25, 0.3) is 6.08 Å².